The summed E-state index contributed by atoms with van der Waals surface area (Å²) in [6, 6.07) is 16.5. The van der Waals surface area contributed by atoms with Crippen LogP contribution >= 0.6 is 12.4 Å². The van der Waals surface area contributed by atoms with E-state index in [-0.39, 0.29) is 24.4 Å². The van der Waals surface area contributed by atoms with E-state index in [9.17, 15) is 4.79 Å². The van der Waals surface area contributed by atoms with Crippen molar-refractivity contribution in [3.8, 4) is 5.75 Å². The van der Waals surface area contributed by atoms with Crippen LogP contribution in [0, 0.1) is 0 Å². The topological polar surface area (TPSA) is 53.6 Å². The Morgan fingerprint density at radius 3 is 2.85 bits per heavy atom. The van der Waals surface area contributed by atoms with Gasteiger partial charge in [-0.1, -0.05) is 30.3 Å². The number of carbonyl (C=O) groups excluding carboxylic acids is 1. The molecule has 1 amide bonds. The van der Waals surface area contributed by atoms with Gasteiger partial charge >= 0.3 is 0 Å². The lowest BCUT2D eigenvalue weighted by molar-refractivity contribution is -0.114. The van der Waals surface area contributed by atoms with Gasteiger partial charge in [0.15, 0.2) is 0 Å². The van der Waals surface area contributed by atoms with Gasteiger partial charge in [-0.25, -0.2) is 0 Å². The maximum absolute atomic E-state index is 11.3. The molecule has 0 aromatic heterocycles. The van der Waals surface area contributed by atoms with Crippen molar-refractivity contribution < 1.29 is 9.53 Å². The lowest BCUT2D eigenvalue weighted by atomic mass is 10.0. The van der Waals surface area contributed by atoms with Crippen molar-refractivity contribution in [2.24, 2.45) is 0 Å². The molecule has 2 aromatic rings. The minimum absolute atomic E-state index is 0. The van der Waals surface area contributed by atoms with Crippen LogP contribution in [-0.2, 0) is 11.3 Å². The van der Waals surface area contributed by atoms with Gasteiger partial charge in [0, 0.05) is 44.4 Å². The summed E-state index contributed by atoms with van der Waals surface area (Å²) < 4.78 is 5.56. The van der Waals surface area contributed by atoms with Gasteiger partial charge in [0.1, 0.15) is 5.75 Å². The van der Waals surface area contributed by atoms with Gasteiger partial charge in [0.25, 0.3) is 0 Å². The van der Waals surface area contributed by atoms with Crippen LogP contribution in [0.4, 0.5) is 5.69 Å². The number of nitrogens with one attached hydrogen (secondary N) is 2. The number of methoxy groups -OCH3 is 1. The Kier molecular flexibility index (Phi) is 7.45. The number of amides is 1. The molecule has 0 radical (unpaired) electrons. The lowest BCUT2D eigenvalue weighted by Gasteiger charge is -2.37. The minimum Gasteiger partial charge on any atom is -0.496 e. The van der Waals surface area contributed by atoms with Crippen LogP contribution in [0.25, 0.3) is 0 Å². The Hall–Kier alpha value is -2.08. The van der Waals surface area contributed by atoms with Gasteiger partial charge in [0.2, 0.25) is 5.91 Å². The number of para-hydroxylation sites is 1. The van der Waals surface area contributed by atoms with Crippen LogP contribution in [0.5, 0.6) is 5.75 Å². The predicted octanol–water partition coefficient (Wildman–Crippen LogP) is 3.22. The molecule has 5 nitrogen and oxygen atoms in total. The molecule has 1 atom stereocenters. The smallest absolute Gasteiger partial charge is 0.221 e. The third kappa shape index (κ3) is 4.97. The average molecular weight is 376 g/mol. The SMILES string of the molecule is COc1ccccc1C1CNCCN1Cc1cccc(NC(C)=O)c1.Cl. The molecule has 140 valence electrons. The third-order valence-corrected chi connectivity index (χ3v) is 4.49. The molecule has 1 heterocycles. The van der Waals surface area contributed by atoms with E-state index in [0.29, 0.717) is 0 Å². The first kappa shape index (κ1) is 20.2. The monoisotopic (exact) mass is 375 g/mol. The van der Waals surface area contributed by atoms with Crippen LogP contribution in [0.1, 0.15) is 24.1 Å². The second-order valence-electron chi connectivity index (χ2n) is 6.31. The molecular weight excluding hydrogens is 350 g/mol. The quantitative estimate of drug-likeness (QED) is 0.842. The zero-order valence-electron chi connectivity index (χ0n) is 15.2. The summed E-state index contributed by atoms with van der Waals surface area (Å²) >= 11 is 0. The van der Waals surface area contributed by atoms with Gasteiger partial charge in [-0.3, -0.25) is 9.69 Å². The van der Waals surface area contributed by atoms with Gasteiger partial charge in [-0.05, 0) is 23.8 Å². The number of hydrogen-bond acceptors (Lipinski definition) is 4. The van der Waals surface area contributed by atoms with Gasteiger partial charge < -0.3 is 15.4 Å². The highest BCUT2D eigenvalue weighted by atomic mass is 35.5. The first-order valence-corrected chi connectivity index (χ1v) is 8.61. The van der Waals surface area contributed by atoms with Gasteiger partial charge in [-0.15, -0.1) is 12.4 Å². The number of rotatable bonds is 5. The summed E-state index contributed by atoms with van der Waals surface area (Å²) in [6.45, 7) is 5.19. The molecule has 1 aliphatic heterocycles. The number of hydrogen-bond donors (Lipinski definition) is 2. The largest absolute Gasteiger partial charge is 0.496 e. The second kappa shape index (κ2) is 9.57. The summed E-state index contributed by atoms with van der Waals surface area (Å²) in [4.78, 5) is 13.7. The molecule has 1 saturated heterocycles. The van der Waals surface area contributed by atoms with Gasteiger partial charge in [0.05, 0.1) is 13.2 Å². The first-order valence-electron chi connectivity index (χ1n) is 8.61. The summed E-state index contributed by atoms with van der Waals surface area (Å²) in [5.41, 5.74) is 3.23. The zero-order chi connectivity index (χ0) is 17.6. The van der Waals surface area contributed by atoms with Crippen molar-refractivity contribution >= 4 is 24.0 Å². The molecular formula is C20H26ClN3O2. The highest BCUT2D eigenvalue weighted by Gasteiger charge is 2.26. The second-order valence-corrected chi connectivity index (χ2v) is 6.31. The summed E-state index contributed by atoms with van der Waals surface area (Å²) in [7, 11) is 1.72. The fraction of sp³-hybridized carbons (Fsp3) is 0.350. The maximum atomic E-state index is 11.3. The first-order chi connectivity index (χ1) is 12.2. The molecule has 1 fully saturated rings. The summed E-state index contributed by atoms with van der Waals surface area (Å²) in [5.74, 6) is 0.874. The molecule has 0 saturated carbocycles. The molecule has 0 aliphatic carbocycles. The minimum atomic E-state index is -0.0498. The number of anilines is 1. The fourth-order valence-corrected chi connectivity index (χ4v) is 3.37. The Bertz CT molecular complexity index is 739. The highest BCUT2D eigenvalue weighted by molar-refractivity contribution is 5.88. The van der Waals surface area contributed by atoms with Crippen molar-refractivity contribution in [3.05, 3.63) is 59.7 Å². The van der Waals surface area contributed by atoms with Crippen molar-refractivity contribution in [3.63, 3.8) is 0 Å². The van der Waals surface area contributed by atoms with Gasteiger partial charge in [-0.2, -0.15) is 0 Å². The summed E-state index contributed by atoms with van der Waals surface area (Å²) in [6.07, 6.45) is 0. The Morgan fingerprint density at radius 2 is 2.08 bits per heavy atom. The number of piperazine rings is 1. The molecule has 1 aliphatic rings. The van der Waals surface area contributed by atoms with E-state index in [0.717, 1.165) is 37.6 Å². The van der Waals surface area contributed by atoms with Crippen molar-refractivity contribution in [2.45, 2.75) is 19.5 Å². The maximum Gasteiger partial charge on any atom is 0.221 e. The van der Waals surface area contributed by atoms with E-state index in [1.807, 2.05) is 30.3 Å². The van der Waals surface area contributed by atoms with Crippen molar-refractivity contribution in [1.82, 2.24) is 10.2 Å². The number of halogens is 1. The van der Waals surface area contributed by atoms with E-state index < -0.39 is 0 Å². The molecule has 2 aromatic carbocycles. The molecule has 26 heavy (non-hydrogen) atoms. The molecule has 0 spiro atoms. The van der Waals surface area contributed by atoms with E-state index in [2.05, 4.69) is 33.7 Å². The Labute approximate surface area is 161 Å². The van der Waals surface area contributed by atoms with Crippen LogP contribution in [0.15, 0.2) is 48.5 Å². The Balaban J connectivity index is 0.00000243. The number of nitrogens with zero attached hydrogens (tertiary/aromatic N) is 1. The normalized spacial score (nSPS) is 17.2. The number of benzene rings is 2. The molecule has 1 unspecified atom stereocenters. The van der Waals surface area contributed by atoms with Crippen molar-refractivity contribution in [1.29, 1.82) is 0 Å². The predicted molar refractivity (Wildman–Crippen MR) is 107 cm³/mol. The third-order valence-electron chi connectivity index (χ3n) is 4.49. The van der Waals surface area contributed by atoms with E-state index in [1.165, 1.54) is 18.1 Å². The molecule has 3 rings (SSSR count). The highest BCUT2D eigenvalue weighted by Crippen LogP contribution is 2.31. The lowest BCUT2D eigenvalue weighted by Crippen LogP contribution is -2.45. The van der Waals surface area contributed by atoms with Crippen LogP contribution < -0.4 is 15.4 Å². The molecule has 0 bridgehead atoms. The average Bonchev–Trinajstić information content (AvgIpc) is 2.62. The molecule has 2 N–H and O–H groups in total. The van der Waals surface area contributed by atoms with E-state index in [4.69, 9.17) is 4.74 Å². The van der Waals surface area contributed by atoms with E-state index in [1.54, 1.807) is 7.11 Å². The van der Waals surface area contributed by atoms with Crippen LogP contribution in [-0.4, -0.2) is 37.6 Å². The zero-order valence-corrected chi connectivity index (χ0v) is 16.0. The fourth-order valence-electron chi connectivity index (χ4n) is 3.37. The van der Waals surface area contributed by atoms with Crippen LogP contribution in [0.2, 0.25) is 0 Å². The Morgan fingerprint density at radius 1 is 1.27 bits per heavy atom. The van der Waals surface area contributed by atoms with Crippen molar-refractivity contribution in [2.75, 3.05) is 32.1 Å². The van der Waals surface area contributed by atoms with Crippen LogP contribution in [0.3, 0.4) is 0 Å². The number of carbonyl (C=O) groups is 1. The molecule has 6 heteroatoms. The number of ether oxygens (including phenoxy) is 1. The van der Waals surface area contributed by atoms with E-state index >= 15 is 0 Å². The standard InChI is InChI=1S/C20H25N3O2.ClH/c1-15(24)22-17-7-5-6-16(12-17)14-23-11-10-21-13-19(23)18-8-3-4-9-20(18)25-2;/h3-9,12,19,21H,10-11,13-14H2,1-2H3,(H,22,24);1H. The summed E-state index contributed by atoms with van der Waals surface area (Å²) in [5, 5.41) is 6.34.